The van der Waals surface area contributed by atoms with Gasteiger partial charge >= 0.3 is 0 Å². The lowest BCUT2D eigenvalue weighted by Gasteiger charge is -2.26. The molecule has 26 heavy (non-hydrogen) atoms. The summed E-state index contributed by atoms with van der Waals surface area (Å²) in [5, 5.41) is 0. The van der Waals surface area contributed by atoms with Crippen molar-refractivity contribution in [3.8, 4) is 11.5 Å². The molecule has 0 heterocycles. The van der Waals surface area contributed by atoms with Crippen LogP contribution in [-0.2, 0) is 9.53 Å². The SMILES string of the molecule is C=C(Oc1ccc(OCCCCCCOC)cc1)C1CCC(C=O)CC1. The Hall–Kier alpha value is -1.81. The molecule has 1 fully saturated rings. The number of hydrogen-bond donors (Lipinski definition) is 0. The van der Waals surface area contributed by atoms with E-state index in [1.54, 1.807) is 7.11 Å². The van der Waals surface area contributed by atoms with Gasteiger partial charge in [0, 0.05) is 25.6 Å². The quantitative estimate of drug-likeness (QED) is 0.293. The van der Waals surface area contributed by atoms with Gasteiger partial charge in [-0.25, -0.2) is 0 Å². The molecule has 1 aliphatic rings. The molecular formula is C22H32O4. The molecule has 1 saturated carbocycles. The van der Waals surface area contributed by atoms with Crippen LogP contribution < -0.4 is 9.47 Å². The second kappa shape index (κ2) is 11.7. The first-order valence-corrected chi connectivity index (χ1v) is 9.76. The van der Waals surface area contributed by atoms with Gasteiger partial charge in [-0.1, -0.05) is 13.0 Å². The number of carbonyl (C=O) groups excluding carboxylic acids is 1. The van der Waals surface area contributed by atoms with Crippen LogP contribution in [0.15, 0.2) is 36.6 Å². The summed E-state index contributed by atoms with van der Waals surface area (Å²) in [6.45, 7) is 5.66. The van der Waals surface area contributed by atoms with Gasteiger partial charge in [-0.15, -0.1) is 0 Å². The van der Waals surface area contributed by atoms with Crippen LogP contribution in [0.1, 0.15) is 51.4 Å². The number of unbranched alkanes of at least 4 members (excludes halogenated alkanes) is 3. The van der Waals surface area contributed by atoms with Crippen LogP contribution >= 0.6 is 0 Å². The molecule has 0 amide bonds. The zero-order valence-electron chi connectivity index (χ0n) is 16.0. The standard InChI is InChI=1S/C22H32O4/c1-18(20-9-7-19(17-23)8-10-20)26-22-13-11-21(12-14-22)25-16-6-4-3-5-15-24-2/h11-14,17,19-20H,1,3-10,15-16H2,2H3. The first-order chi connectivity index (χ1) is 12.7. The molecule has 4 nitrogen and oxygen atoms in total. The van der Waals surface area contributed by atoms with E-state index < -0.39 is 0 Å². The van der Waals surface area contributed by atoms with Crippen molar-refractivity contribution in [2.24, 2.45) is 11.8 Å². The summed E-state index contributed by atoms with van der Waals surface area (Å²) in [7, 11) is 1.74. The number of ether oxygens (including phenoxy) is 3. The van der Waals surface area contributed by atoms with Crippen molar-refractivity contribution in [1.29, 1.82) is 0 Å². The van der Waals surface area contributed by atoms with Crippen LogP contribution in [0.3, 0.4) is 0 Å². The predicted octanol–water partition coefficient (Wildman–Crippen LogP) is 5.17. The minimum absolute atomic E-state index is 0.218. The number of rotatable bonds is 12. The van der Waals surface area contributed by atoms with E-state index in [0.717, 1.165) is 81.7 Å². The lowest BCUT2D eigenvalue weighted by molar-refractivity contribution is -0.112. The highest BCUT2D eigenvalue weighted by molar-refractivity contribution is 5.53. The summed E-state index contributed by atoms with van der Waals surface area (Å²) >= 11 is 0. The van der Waals surface area contributed by atoms with Crippen LogP contribution in [0.25, 0.3) is 0 Å². The van der Waals surface area contributed by atoms with Gasteiger partial charge in [0.2, 0.25) is 0 Å². The van der Waals surface area contributed by atoms with Gasteiger partial charge in [0.25, 0.3) is 0 Å². The third-order valence-electron chi connectivity index (χ3n) is 5.00. The van der Waals surface area contributed by atoms with Crippen molar-refractivity contribution in [3.05, 3.63) is 36.6 Å². The molecule has 1 aliphatic carbocycles. The number of hydrogen-bond acceptors (Lipinski definition) is 4. The van der Waals surface area contributed by atoms with Crippen LogP contribution in [0.4, 0.5) is 0 Å². The van der Waals surface area contributed by atoms with Crippen molar-refractivity contribution in [3.63, 3.8) is 0 Å². The second-order valence-corrected chi connectivity index (χ2v) is 7.04. The Labute approximate surface area is 157 Å². The van der Waals surface area contributed by atoms with E-state index in [9.17, 15) is 4.79 Å². The number of carbonyl (C=O) groups is 1. The highest BCUT2D eigenvalue weighted by Gasteiger charge is 2.23. The van der Waals surface area contributed by atoms with Gasteiger partial charge in [0.15, 0.2) is 0 Å². The predicted molar refractivity (Wildman–Crippen MR) is 104 cm³/mol. The summed E-state index contributed by atoms with van der Waals surface area (Å²) in [4.78, 5) is 10.8. The fourth-order valence-electron chi connectivity index (χ4n) is 3.31. The minimum Gasteiger partial charge on any atom is -0.494 e. The van der Waals surface area contributed by atoms with E-state index in [1.807, 2.05) is 24.3 Å². The van der Waals surface area contributed by atoms with E-state index in [2.05, 4.69) is 6.58 Å². The average Bonchev–Trinajstić information content (AvgIpc) is 2.68. The van der Waals surface area contributed by atoms with E-state index >= 15 is 0 Å². The molecule has 0 N–H and O–H groups in total. The second-order valence-electron chi connectivity index (χ2n) is 7.04. The lowest BCUT2D eigenvalue weighted by Crippen LogP contribution is -2.18. The van der Waals surface area contributed by atoms with Crippen molar-refractivity contribution >= 4 is 6.29 Å². The summed E-state index contributed by atoms with van der Waals surface area (Å²) in [5.41, 5.74) is 0. The third kappa shape index (κ3) is 7.20. The van der Waals surface area contributed by atoms with Crippen molar-refractivity contribution in [1.82, 2.24) is 0 Å². The Bertz CT molecular complexity index is 530. The van der Waals surface area contributed by atoms with Gasteiger partial charge < -0.3 is 19.0 Å². The van der Waals surface area contributed by atoms with Crippen LogP contribution in [0.2, 0.25) is 0 Å². The minimum atomic E-state index is 0.218. The van der Waals surface area contributed by atoms with Gasteiger partial charge in [-0.05, 0) is 69.2 Å². The highest BCUT2D eigenvalue weighted by atomic mass is 16.5. The van der Waals surface area contributed by atoms with Gasteiger partial charge in [-0.2, -0.15) is 0 Å². The Morgan fingerprint density at radius 3 is 2.23 bits per heavy atom. The molecule has 0 spiro atoms. The normalized spacial score (nSPS) is 19.7. The number of methoxy groups -OCH3 is 1. The first-order valence-electron chi connectivity index (χ1n) is 9.76. The molecule has 0 unspecified atom stereocenters. The molecule has 0 saturated heterocycles. The molecule has 1 aromatic rings. The van der Waals surface area contributed by atoms with Gasteiger partial charge in [0.05, 0.1) is 12.4 Å². The van der Waals surface area contributed by atoms with Crippen LogP contribution in [0, 0.1) is 11.8 Å². The highest BCUT2D eigenvalue weighted by Crippen LogP contribution is 2.33. The van der Waals surface area contributed by atoms with Crippen LogP contribution in [0.5, 0.6) is 11.5 Å². The fourth-order valence-corrected chi connectivity index (χ4v) is 3.31. The Morgan fingerprint density at radius 1 is 1.00 bits per heavy atom. The Kier molecular flexibility index (Phi) is 9.26. The van der Waals surface area contributed by atoms with Crippen LogP contribution in [-0.4, -0.2) is 26.6 Å². The van der Waals surface area contributed by atoms with Crippen molar-refractivity contribution < 1.29 is 19.0 Å². The molecule has 0 bridgehead atoms. The van der Waals surface area contributed by atoms with Crippen molar-refractivity contribution in [2.45, 2.75) is 51.4 Å². The topological polar surface area (TPSA) is 44.8 Å². The largest absolute Gasteiger partial charge is 0.494 e. The maximum absolute atomic E-state index is 10.8. The smallest absolute Gasteiger partial charge is 0.127 e. The van der Waals surface area contributed by atoms with E-state index in [4.69, 9.17) is 14.2 Å². The van der Waals surface area contributed by atoms with Crippen molar-refractivity contribution in [2.75, 3.05) is 20.3 Å². The molecule has 144 valence electrons. The third-order valence-corrected chi connectivity index (χ3v) is 5.00. The molecule has 0 radical (unpaired) electrons. The first kappa shape index (κ1) is 20.5. The molecule has 0 atom stereocenters. The molecule has 4 heteroatoms. The molecule has 0 aliphatic heterocycles. The zero-order valence-corrected chi connectivity index (χ0v) is 16.0. The molecule has 0 aromatic heterocycles. The summed E-state index contributed by atoms with van der Waals surface area (Å²) in [6, 6.07) is 7.74. The van der Waals surface area contributed by atoms with E-state index in [0.29, 0.717) is 5.92 Å². The monoisotopic (exact) mass is 360 g/mol. The Morgan fingerprint density at radius 2 is 1.62 bits per heavy atom. The summed E-state index contributed by atoms with van der Waals surface area (Å²) in [6.07, 6.45) is 9.44. The lowest BCUT2D eigenvalue weighted by atomic mass is 9.82. The number of allylic oxidation sites excluding steroid dienone is 1. The van der Waals surface area contributed by atoms with E-state index in [-0.39, 0.29) is 5.92 Å². The Balaban J connectivity index is 1.65. The van der Waals surface area contributed by atoms with Gasteiger partial charge in [0.1, 0.15) is 17.8 Å². The molecule has 2 rings (SSSR count). The zero-order chi connectivity index (χ0) is 18.6. The molecular weight excluding hydrogens is 328 g/mol. The fraction of sp³-hybridized carbons (Fsp3) is 0.591. The number of benzene rings is 1. The maximum atomic E-state index is 10.8. The average molecular weight is 360 g/mol. The number of aldehydes is 1. The summed E-state index contributed by atoms with van der Waals surface area (Å²) < 4.78 is 16.7. The molecule has 1 aromatic carbocycles. The summed E-state index contributed by atoms with van der Waals surface area (Å²) in [5.74, 6) is 3.03. The van der Waals surface area contributed by atoms with E-state index in [1.165, 1.54) is 6.42 Å². The maximum Gasteiger partial charge on any atom is 0.127 e. The van der Waals surface area contributed by atoms with Gasteiger partial charge in [-0.3, -0.25) is 0 Å².